The van der Waals surface area contributed by atoms with Crippen molar-refractivity contribution < 1.29 is 13.3 Å². The number of aryl methyl sites for hydroxylation is 1. The van der Waals surface area contributed by atoms with Gasteiger partial charge in [-0.3, -0.25) is 4.90 Å². The zero-order valence-corrected chi connectivity index (χ0v) is 13.3. The molecule has 1 aliphatic heterocycles. The second-order valence-electron chi connectivity index (χ2n) is 5.96. The molecule has 0 radical (unpaired) electrons. The Labute approximate surface area is 138 Å². The summed E-state index contributed by atoms with van der Waals surface area (Å²) in [5, 5.41) is 4.01. The van der Waals surface area contributed by atoms with E-state index in [0.29, 0.717) is 23.3 Å². The molecule has 0 bridgehead atoms. The molecule has 1 fully saturated rings. The van der Waals surface area contributed by atoms with E-state index in [1.54, 1.807) is 6.92 Å². The molecule has 1 unspecified atom stereocenters. The number of oxazole rings is 1. The Hall–Kier alpha value is -2.54. The Balaban J connectivity index is 1.52. The number of hydrogen-bond donors (Lipinski definition) is 0. The van der Waals surface area contributed by atoms with Crippen LogP contribution in [0, 0.1) is 12.7 Å². The fourth-order valence-corrected chi connectivity index (χ4v) is 3.06. The number of nitrogens with zero attached hydrogens (tertiary/aromatic N) is 4. The zero-order valence-electron chi connectivity index (χ0n) is 13.3. The second-order valence-corrected chi connectivity index (χ2v) is 5.96. The van der Waals surface area contributed by atoms with E-state index in [0.717, 1.165) is 31.5 Å². The summed E-state index contributed by atoms with van der Waals surface area (Å²) < 4.78 is 23.7. The van der Waals surface area contributed by atoms with Crippen LogP contribution in [0.3, 0.4) is 0 Å². The van der Waals surface area contributed by atoms with Gasteiger partial charge in [0.1, 0.15) is 17.8 Å². The maximum Gasteiger partial charge on any atom is 0.244 e. The Morgan fingerprint density at radius 3 is 2.83 bits per heavy atom. The number of likely N-dealkylation sites (tertiary alicyclic amines) is 1. The third-order valence-corrected chi connectivity index (χ3v) is 4.24. The first-order chi connectivity index (χ1) is 11.7. The van der Waals surface area contributed by atoms with E-state index in [-0.39, 0.29) is 11.9 Å². The van der Waals surface area contributed by atoms with Crippen molar-refractivity contribution in [2.45, 2.75) is 32.4 Å². The SMILES string of the molecule is Cc1nc(-c2noc(C3CCCN3Cc3ccc(F)cc3)n2)co1. The van der Waals surface area contributed by atoms with Crippen LogP contribution in [-0.4, -0.2) is 26.6 Å². The van der Waals surface area contributed by atoms with Crippen molar-refractivity contribution >= 4 is 0 Å². The van der Waals surface area contributed by atoms with Gasteiger partial charge in [-0.1, -0.05) is 17.3 Å². The lowest BCUT2D eigenvalue weighted by atomic mass is 10.2. The molecule has 1 atom stereocenters. The van der Waals surface area contributed by atoms with E-state index < -0.39 is 0 Å². The molecule has 0 N–H and O–H groups in total. The predicted molar refractivity (Wildman–Crippen MR) is 83.3 cm³/mol. The zero-order chi connectivity index (χ0) is 16.5. The van der Waals surface area contributed by atoms with E-state index in [1.807, 2.05) is 12.1 Å². The van der Waals surface area contributed by atoms with Gasteiger partial charge in [-0.05, 0) is 37.1 Å². The van der Waals surface area contributed by atoms with Crippen LogP contribution in [0.25, 0.3) is 11.5 Å². The summed E-state index contributed by atoms with van der Waals surface area (Å²) >= 11 is 0. The van der Waals surface area contributed by atoms with Crippen molar-refractivity contribution in [2.24, 2.45) is 0 Å². The molecule has 0 spiro atoms. The molecule has 2 aromatic heterocycles. The van der Waals surface area contributed by atoms with E-state index in [2.05, 4.69) is 20.0 Å². The molecule has 124 valence electrons. The highest BCUT2D eigenvalue weighted by atomic mass is 19.1. The van der Waals surface area contributed by atoms with Crippen LogP contribution in [-0.2, 0) is 6.54 Å². The largest absolute Gasteiger partial charge is 0.449 e. The molecule has 0 aliphatic carbocycles. The topological polar surface area (TPSA) is 68.2 Å². The number of hydrogen-bond acceptors (Lipinski definition) is 6. The van der Waals surface area contributed by atoms with E-state index in [4.69, 9.17) is 8.94 Å². The van der Waals surface area contributed by atoms with Gasteiger partial charge < -0.3 is 8.94 Å². The average Bonchev–Trinajstić information content (AvgIpc) is 3.29. The van der Waals surface area contributed by atoms with Gasteiger partial charge in [0, 0.05) is 13.5 Å². The Kier molecular flexibility index (Phi) is 3.86. The van der Waals surface area contributed by atoms with Crippen LogP contribution in [0.2, 0.25) is 0 Å². The molecule has 0 amide bonds. The highest BCUT2D eigenvalue weighted by Gasteiger charge is 2.31. The van der Waals surface area contributed by atoms with Crippen LogP contribution in [0.4, 0.5) is 4.39 Å². The summed E-state index contributed by atoms with van der Waals surface area (Å²) in [5.41, 5.74) is 1.64. The van der Waals surface area contributed by atoms with Gasteiger partial charge in [0.25, 0.3) is 0 Å². The predicted octanol–water partition coefficient (Wildman–Crippen LogP) is 3.51. The molecule has 24 heavy (non-hydrogen) atoms. The molecule has 1 aliphatic rings. The maximum absolute atomic E-state index is 13.0. The molecular formula is C17H17FN4O2. The highest BCUT2D eigenvalue weighted by molar-refractivity contribution is 5.45. The summed E-state index contributed by atoms with van der Waals surface area (Å²) in [6, 6.07) is 6.66. The van der Waals surface area contributed by atoms with E-state index >= 15 is 0 Å². The number of halogens is 1. The quantitative estimate of drug-likeness (QED) is 0.730. The summed E-state index contributed by atoms with van der Waals surface area (Å²) in [6.07, 6.45) is 3.54. The van der Waals surface area contributed by atoms with E-state index in [1.165, 1.54) is 18.4 Å². The monoisotopic (exact) mass is 328 g/mol. The highest BCUT2D eigenvalue weighted by Crippen LogP contribution is 2.33. The fourth-order valence-electron chi connectivity index (χ4n) is 3.06. The lowest BCUT2D eigenvalue weighted by Gasteiger charge is -2.21. The Bertz CT molecular complexity index is 827. The standard InChI is InChI=1S/C17H17FN4O2/c1-11-19-14(10-23-11)16-20-17(24-21-16)15-3-2-8-22(15)9-12-4-6-13(18)7-5-12/h4-7,10,15H,2-3,8-9H2,1H3. The minimum atomic E-state index is -0.221. The normalized spacial score (nSPS) is 18.3. The van der Waals surface area contributed by atoms with Gasteiger partial charge in [-0.2, -0.15) is 4.98 Å². The number of rotatable bonds is 4. The van der Waals surface area contributed by atoms with Crippen molar-refractivity contribution in [3.8, 4) is 11.5 Å². The van der Waals surface area contributed by atoms with Crippen LogP contribution >= 0.6 is 0 Å². The van der Waals surface area contributed by atoms with Gasteiger partial charge in [0.15, 0.2) is 5.89 Å². The van der Waals surface area contributed by atoms with Crippen molar-refractivity contribution in [1.29, 1.82) is 0 Å². The molecule has 1 saturated heterocycles. The third-order valence-electron chi connectivity index (χ3n) is 4.24. The lowest BCUT2D eigenvalue weighted by molar-refractivity contribution is 0.201. The summed E-state index contributed by atoms with van der Waals surface area (Å²) in [5.74, 6) is 1.37. The Morgan fingerprint density at radius 1 is 1.25 bits per heavy atom. The van der Waals surface area contributed by atoms with Crippen molar-refractivity contribution in [2.75, 3.05) is 6.54 Å². The first kappa shape index (κ1) is 15.0. The van der Waals surface area contributed by atoms with Gasteiger partial charge in [-0.15, -0.1) is 0 Å². The first-order valence-corrected chi connectivity index (χ1v) is 7.93. The number of benzene rings is 1. The van der Waals surface area contributed by atoms with Crippen molar-refractivity contribution in [3.63, 3.8) is 0 Å². The smallest absolute Gasteiger partial charge is 0.244 e. The average molecular weight is 328 g/mol. The molecule has 3 heterocycles. The molecule has 0 saturated carbocycles. The minimum Gasteiger partial charge on any atom is -0.449 e. The van der Waals surface area contributed by atoms with Crippen LogP contribution in [0.5, 0.6) is 0 Å². The van der Waals surface area contributed by atoms with Gasteiger partial charge in [-0.25, -0.2) is 9.37 Å². The molecule has 6 nitrogen and oxygen atoms in total. The van der Waals surface area contributed by atoms with Crippen molar-refractivity contribution in [3.05, 3.63) is 53.7 Å². The van der Waals surface area contributed by atoms with Gasteiger partial charge in [0.05, 0.1) is 6.04 Å². The van der Waals surface area contributed by atoms with Gasteiger partial charge in [0.2, 0.25) is 11.7 Å². The summed E-state index contributed by atoms with van der Waals surface area (Å²) in [7, 11) is 0. The third kappa shape index (κ3) is 2.94. The first-order valence-electron chi connectivity index (χ1n) is 7.93. The van der Waals surface area contributed by atoms with Crippen LogP contribution in [0.1, 0.15) is 36.2 Å². The molecule has 4 rings (SSSR count). The number of aromatic nitrogens is 3. The minimum absolute atomic E-state index is 0.0734. The van der Waals surface area contributed by atoms with E-state index in [9.17, 15) is 4.39 Å². The summed E-state index contributed by atoms with van der Waals surface area (Å²) in [6.45, 7) is 3.44. The Morgan fingerprint density at radius 2 is 2.08 bits per heavy atom. The second kappa shape index (κ2) is 6.16. The fraction of sp³-hybridized carbons (Fsp3) is 0.353. The maximum atomic E-state index is 13.0. The molecule has 1 aromatic carbocycles. The van der Waals surface area contributed by atoms with Gasteiger partial charge >= 0.3 is 0 Å². The van der Waals surface area contributed by atoms with Crippen LogP contribution in [0.15, 0.2) is 39.5 Å². The summed E-state index contributed by atoms with van der Waals surface area (Å²) in [4.78, 5) is 11.0. The van der Waals surface area contributed by atoms with Crippen molar-refractivity contribution in [1.82, 2.24) is 20.0 Å². The lowest BCUT2D eigenvalue weighted by Crippen LogP contribution is -2.23. The molecule has 7 heteroatoms. The molecular weight excluding hydrogens is 311 g/mol. The van der Waals surface area contributed by atoms with Crippen LogP contribution < -0.4 is 0 Å². The molecule has 3 aromatic rings.